The Morgan fingerprint density at radius 1 is 1.44 bits per heavy atom. The van der Waals surface area contributed by atoms with Gasteiger partial charge >= 0.3 is 5.00 Å². The second kappa shape index (κ2) is 4.53. The smallest absolute Gasteiger partial charge is 0.347 e. The fourth-order valence-corrected chi connectivity index (χ4v) is 2.48. The third-order valence-corrected chi connectivity index (χ3v) is 3.50. The molecule has 0 aliphatic rings. The van der Waals surface area contributed by atoms with E-state index >= 15 is 0 Å². The van der Waals surface area contributed by atoms with Crippen molar-refractivity contribution in [2.24, 2.45) is 5.73 Å². The van der Waals surface area contributed by atoms with Crippen LogP contribution in [0.25, 0.3) is 10.6 Å². The fraction of sp³-hybridized carbons (Fsp3) is 0.0909. The molecule has 0 aliphatic heterocycles. The van der Waals surface area contributed by atoms with E-state index in [0.29, 0.717) is 21.8 Å². The molecule has 0 fully saturated rings. The van der Waals surface area contributed by atoms with Crippen LogP contribution in [0.3, 0.4) is 0 Å². The highest BCUT2D eigenvalue weighted by atomic mass is 32.1. The van der Waals surface area contributed by atoms with Gasteiger partial charge in [0.15, 0.2) is 0 Å². The topological polar surface area (TPSA) is 99.1 Å². The van der Waals surface area contributed by atoms with Gasteiger partial charge in [-0.1, -0.05) is 18.2 Å². The van der Waals surface area contributed by atoms with Crippen molar-refractivity contribution in [3.63, 3.8) is 0 Å². The normalized spacial score (nSPS) is 10.3. The first-order chi connectivity index (χ1) is 8.50. The molecule has 7 heteroatoms. The summed E-state index contributed by atoms with van der Waals surface area (Å²) in [5.41, 5.74) is 6.42. The van der Waals surface area contributed by atoms with E-state index in [-0.39, 0.29) is 5.00 Å². The van der Waals surface area contributed by atoms with E-state index in [9.17, 15) is 14.9 Å². The first-order valence-electron chi connectivity index (χ1n) is 5.01. The van der Waals surface area contributed by atoms with Crippen LogP contribution in [-0.4, -0.2) is 15.8 Å². The molecule has 0 bridgehead atoms. The number of aromatic nitrogens is 1. The second-order valence-corrected chi connectivity index (χ2v) is 4.55. The lowest BCUT2D eigenvalue weighted by Crippen LogP contribution is -2.12. The largest absolute Gasteiger partial charge is 0.366 e. The highest BCUT2D eigenvalue weighted by Crippen LogP contribution is 2.34. The molecular weight excluding hydrogens is 254 g/mol. The van der Waals surface area contributed by atoms with Crippen molar-refractivity contribution in [2.75, 3.05) is 0 Å². The molecule has 0 spiro atoms. The number of aryl methyl sites for hydroxylation is 1. The summed E-state index contributed by atoms with van der Waals surface area (Å²) in [7, 11) is 0. The summed E-state index contributed by atoms with van der Waals surface area (Å²) < 4.78 is 0. The molecule has 0 saturated heterocycles. The number of benzene rings is 1. The number of carbonyl (C=O) groups is 1. The second-order valence-electron chi connectivity index (χ2n) is 3.58. The molecule has 92 valence electrons. The molecule has 0 unspecified atom stereocenters. The van der Waals surface area contributed by atoms with Crippen molar-refractivity contribution in [3.8, 4) is 10.6 Å². The summed E-state index contributed by atoms with van der Waals surface area (Å²) >= 11 is 0.934. The van der Waals surface area contributed by atoms with Crippen LogP contribution in [0.5, 0.6) is 0 Å². The molecule has 1 aromatic heterocycles. The summed E-state index contributed by atoms with van der Waals surface area (Å²) in [6.45, 7) is 1.56. The Hall–Kier alpha value is -2.28. The summed E-state index contributed by atoms with van der Waals surface area (Å²) in [6, 6.07) is 6.64. The molecule has 0 aliphatic carbocycles. The lowest BCUT2D eigenvalue weighted by molar-refractivity contribution is -0.380. The van der Waals surface area contributed by atoms with Gasteiger partial charge in [0.05, 0.1) is 4.92 Å². The standard InChI is InChI=1S/C11H9N3O3S/c1-6-11(14(16)17)18-10(13-6)8-5-3-2-4-7(8)9(12)15/h2-5H,1H3,(H2,12,15). The number of thiazole rings is 1. The highest BCUT2D eigenvalue weighted by Gasteiger charge is 2.20. The van der Waals surface area contributed by atoms with Gasteiger partial charge in [0.2, 0.25) is 5.91 Å². The van der Waals surface area contributed by atoms with E-state index in [0.717, 1.165) is 11.3 Å². The maximum Gasteiger partial charge on any atom is 0.347 e. The number of rotatable bonds is 3. The highest BCUT2D eigenvalue weighted by molar-refractivity contribution is 7.18. The third kappa shape index (κ3) is 2.07. The van der Waals surface area contributed by atoms with Crippen molar-refractivity contribution in [1.29, 1.82) is 0 Å². The SMILES string of the molecule is Cc1nc(-c2ccccc2C(N)=O)sc1[N+](=O)[O-]. The van der Waals surface area contributed by atoms with Crippen molar-refractivity contribution in [2.45, 2.75) is 6.92 Å². The number of carbonyl (C=O) groups excluding carboxylic acids is 1. The number of nitro groups is 1. The zero-order valence-electron chi connectivity index (χ0n) is 9.41. The molecule has 1 amide bonds. The molecule has 2 aromatic rings. The van der Waals surface area contributed by atoms with Crippen LogP contribution in [0, 0.1) is 17.0 Å². The summed E-state index contributed by atoms with van der Waals surface area (Å²) in [5, 5.41) is 11.2. The zero-order chi connectivity index (χ0) is 13.3. The summed E-state index contributed by atoms with van der Waals surface area (Å²) in [4.78, 5) is 25.7. The third-order valence-electron chi connectivity index (χ3n) is 2.36. The van der Waals surface area contributed by atoms with Gasteiger partial charge in [-0.05, 0) is 24.3 Å². The molecule has 0 radical (unpaired) electrons. The zero-order valence-corrected chi connectivity index (χ0v) is 10.2. The van der Waals surface area contributed by atoms with Crippen LogP contribution in [-0.2, 0) is 0 Å². The average Bonchev–Trinajstić information content (AvgIpc) is 2.71. The Morgan fingerprint density at radius 2 is 2.11 bits per heavy atom. The van der Waals surface area contributed by atoms with E-state index in [1.165, 1.54) is 0 Å². The number of hydrogen-bond donors (Lipinski definition) is 1. The predicted octanol–water partition coefficient (Wildman–Crippen LogP) is 2.13. The molecule has 0 atom stereocenters. The summed E-state index contributed by atoms with van der Waals surface area (Å²) in [5.74, 6) is -0.582. The molecule has 6 nitrogen and oxygen atoms in total. The van der Waals surface area contributed by atoms with Gasteiger partial charge in [-0.3, -0.25) is 14.9 Å². The Morgan fingerprint density at radius 3 is 2.67 bits per heavy atom. The van der Waals surface area contributed by atoms with Gasteiger partial charge in [-0.15, -0.1) is 0 Å². The van der Waals surface area contributed by atoms with Gasteiger partial charge in [0.1, 0.15) is 10.7 Å². The minimum Gasteiger partial charge on any atom is -0.366 e. The Balaban J connectivity index is 2.59. The molecule has 0 saturated carbocycles. The van der Waals surface area contributed by atoms with Crippen LogP contribution < -0.4 is 5.73 Å². The Bertz CT molecular complexity index is 636. The Kier molecular flexibility index (Phi) is 3.07. The predicted molar refractivity (Wildman–Crippen MR) is 67.5 cm³/mol. The van der Waals surface area contributed by atoms with E-state index in [4.69, 9.17) is 5.73 Å². The van der Waals surface area contributed by atoms with Gasteiger partial charge in [-0.25, -0.2) is 4.98 Å². The average molecular weight is 263 g/mol. The van der Waals surface area contributed by atoms with E-state index < -0.39 is 10.8 Å². The minimum atomic E-state index is -0.582. The lowest BCUT2D eigenvalue weighted by Gasteiger charge is -2.01. The van der Waals surface area contributed by atoms with Crippen molar-refractivity contribution in [3.05, 3.63) is 45.6 Å². The monoisotopic (exact) mass is 263 g/mol. The van der Waals surface area contributed by atoms with E-state index in [2.05, 4.69) is 4.98 Å². The molecule has 2 N–H and O–H groups in total. The molecule has 1 aromatic carbocycles. The maximum absolute atomic E-state index is 11.3. The van der Waals surface area contributed by atoms with E-state index in [1.54, 1.807) is 31.2 Å². The van der Waals surface area contributed by atoms with Crippen LogP contribution in [0.15, 0.2) is 24.3 Å². The Labute approximate surface area is 106 Å². The van der Waals surface area contributed by atoms with Crippen molar-refractivity contribution in [1.82, 2.24) is 4.98 Å². The number of hydrogen-bond acceptors (Lipinski definition) is 5. The first kappa shape index (κ1) is 12.2. The van der Waals surface area contributed by atoms with Crippen molar-refractivity contribution >= 4 is 22.2 Å². The van der Waals surface area contributed by atoms with Gasteiger partial charge in [0.25, 0.3) is 0 Å². The molecular formula is C11H9N3O3S. The number of nitrogens with zero attached hydrogens (tertiary/aromatic N) is 2. The lowest BCUT2D eigenvalue weighted by atomic mass is 10.1. The first-order valence-corrected chi connectivity index (χ1v) is 5.83. The van der Waals surface area contributed by atoms with E-state index in [1.807, 2.05) is 0 Å². The molecule has 2 rings (SSSR count). The number of primary amides is 1. The fourth-order valence-electron chi connectivity index (χ4n) is 1.56. The van der Waals surface area contributed by atoms with Crippen LogP contribution >= 0.6 is 11.3 Å². The van der Waals surface area contributed by atoms with Crippen LogP contribution in [0.1, 0.15) is 16.1 Å². The minimum absolute atomic E-state index is 0.0238. The van der Waals surface area contributed by atoms with Gasteiger partial charge < -0.3 is 5.73 Å². The van der Waals surface area contributed by atoms with Crippen LogP contribution in [0.2, 0.25) is 0 Å². The van der Waals surface area contributed by atoms with Crippen molar-refractivity contribution < 1.29 is 9.72 Å². The molecule has 18 heavy (non-hydrogen) atoms. The number of nitrogens with two attached hydrogens (primary N) is 1. The maximum atomic E-state index is 11.3. The van der Waals surface area contributed by atoms with Crippen LogP contribution in [0.4, 0.5) is 5.00 Å². The van der Waals surface area contributed by atoms with Gasteiger partial charge in [-0.2, -0.15) is 0 Å². The number of amides is 1. The summed E-state index contributed by atoms with van der Waals surface area (Å²) in [6.07, 6.45) is 0. The quantitative estimate of drug-likeness (QED) is 0.677. The van der Waals surface area contributed by atoms with Gasteiger partial charge in [0, 0.05) is 11.1 Å². The molecule has 1 heterocycles.